The van der Waals surface area contributed by atoms with E-state index < -0.39 is 30.7 Å². The lowest BCUT2D eigenvalue weighted by atomic mass is 10.0. The molecule has 0 amide bonds. The van der Waals surface area contributed by atoms with Gasteiger partial charge in [-0.1, -0.05) is 129 Å². The first-order valence-corrected chi connectivity index (χ1v) is 19.1. The first-order valence-electron chi connectivity index (χ1n) is 19.1. The van der Waals surface area contributed by atoms with E-state index in [9.17, 15) is 14.7 Å². The summed E-state index contributed by atoms with van der Waals surface area (Å²) < 4.78 is 29.0. The van der Waals surface area contributed by atoms with Crippen molar-refractivity contribution < 1.29 is 38.4 Å². The number of ether oxygens (including phenoxy) is 5. The van der Waals surface area contributed by atoms with Gasteiger partial charge in [-0.2, -0.15) is 0 Å². The van der Waals surface area contributed by atoms with E-state index in [4.69, 9.17) is 23.7 Å². The largest absolute Gasteiger partial charge is 0.456 e. The highest BCUT2D eigenvalue weighted by Crippen LogP contribution is 2.35. The molecule has 0 spiro atoms. The number of aliphatic hydroxyl groups excluding tert-OH is 1. The lowest BCUT2D eigenvalue weighted by molar-refractivity contribution is -0.257. The van der Waals surface area contributed by atoms with Crippen molar-refractivity contribution in [3.05, 3.63) is 12.2 Å². The molecule has 0 radical (unpaired) electrons. The van der Waals surface area contributed by atoms with Crippen LogP contribution in [0.2, 0.25) is 0 Å². The molecule has 8 nitrogen and oxygen atoms in total. The highest BCUT2D eigenvalue weighted by atomic mass is 16.8. The minimum atomic E-state index is -1.42. The van der Waals surface area contributed by atoms with E-state index in [0.717, 1.165) is 51.4 Å². The third-order valence-electron chi connectivity index (χ3n) is 9.21. The van der Waals surface area contributed by atoms with Gasteiger partial charge in [-0.3, -0.25) is 9.59 Å². The molecule has 2 rings (SSSR count). The highest BCUT2D eigenvalue weighted by molar-refractivity contribution is 5.70. The van der Waals surface area contributed by atoms with Crippen molar-refractivity contribution in [2.24, 2.45) is 0 Å². The van der Waals surface area contributed by atoms with Gasteiger partial charge in [-0.15, -0.1) is 0 Å². The van der Waals surface area contributed by atoms with E-state index in [1.54, 1.807) is 0 Å². The van der Waals surface area contributed by atoms with E-state index in [1.165, 1.54) is 89.9 Å². The summed E-state index contributed by atoms with van der Waals surface area (Å²) in [5.41, 5.74) is 0. The molecule has 8 heteroatoms. The zero-order valence-corrected chi connectivity index (χ0v) is 29.5. The summed E-state index contributed by atoms with van der Waals surface area (Å²) >= 11 is 0. The van der Waals surface area contributed by atoms with Crippen molar-refractivity contribution >= 4 is 11.9 Å². The topological polar surface area (TPSA) is 101 Å². The summed E-state index contributed by atoms with van der Waals surface area (Å²) in [7, 11) is 0. The van der Waals surface area contributed by atoms with Gasteiger partial charge in [0.05, 0.1) is 19.8 Å². The maximum Gasteiger partial charge on any atom is 0.306 e. The maximum absolute atomic E-state index is 12.9. The number of unbranched alkanes of at least 4 members (excludes halogenated alkanes) is 19. The van der Waals surface area contributed by atoms with Gasteiger partial charge in [0.15, 0.2) is 18.3 Å². The van der Waals surface area contributed by atoms with Crippen LogP contribution in [0, 0.1) is 0 Å². The summed E-state index contributed by atoms with van der Waals surface area (Å²) in [6.45, 7) is 4.71. The minimum absolute atomic E-state index is 0.0635. The van der Waals surface area contributed by atoms with Crippen molar-refractivity contribution in [2.75, 3.05) is 26.4 Å². The van der Waals surface area contributed by atoms with Crippen molar-refractivity contribution in [3.8, 4) is 0 Å². The fourth-order valence-corrected chi connectivity index (χ4v) is 6.37. The number of allylic oxidation sites excluding steroid dienone is 2. The van der Waals surface area contributed by atoms with Gasteiger partial charge in [-0.05, 0) is 38.5 Å². The number of hydrogen-bond donors (Lipinski definition) is 1. The molecule has 0 aromatic rings. The molecule has 2 aliphatic heterocycles. The lowest BCUT2D eigenvalue weighted by Crippen LogP contribution is -2.54. The molecule has 46 heavy (non-hydrogen) atoms. The Morgan fingerprint density at radius 2 is 1.09 bits per heavy atom. The summed E-state index contributed by atoms with van der Waals surface area (Å²) in [5, 5.41) is 10.1. The third kappa shape index (κ3) is 17.1. The van der Waals surface area contributed by atoms with Crippen LogP contribution in [0.5, 0.6) is 0 Å². The van der Waals surface area contributed by atoms with Crippen LogP contribution >= 0.6 is 0 Å². The molecule has 2 aliphatic rings. The van der Waals surface area contributed by atoms with E-state index in [1.807, 2.05) is 0 Å². The molecule has 0 aromatic carbocycles. The molecule has 268 valence electrons. The number of rotatable bonds is 29. The average Bonchev–Trinajstić information content (AvgIpc) is 3.70. The highest BCUT2D eigenvalue weighted by Gasteiger charge is 2.57. The molecule has 0 aromatic heterocycles. The second kappa shape index (κ2) is 26.5. The number of carbonyl (C=O) groups is 2. The fourth-order valence-electron chi connectivity index (χ4n) is 6.37. The first kappa shape index (κ1) is 40.7. The van der Waals surface area contributed by atoms with E-state index in [2.05, 4.69) is 26.0 Å². The molecule has 2 heterocycles. The molecule has 2 fully saturated rings. The Kier molecular flexibility index (Phi) is 23.4. The number of aliphatic hydroxyl groups is 1. The van der Waals surface area contributed by atoms with E-state index in [-0.39, 0.29) is 25.0 Å². The Morgan fingerprint density at radius 1 is 0.652 bits per heavy atom. The standard InChI is InChI=1S/C38H68O8/c1-3-5-7-9-11-13-14-15-16-17-18-20-22-24-26-28-35(41)46-36-33(31-42-37(36)38(32-39)43-29-30-44-38)45-34(40)27-25-23-21-19-12-10-8-6-4-2/h15-16,33,36-37,39H,3-14,17-32H2,1-2H3/b16-15-/t33-,36+,37-/m0/s1. The van der Waals surface area contributed by atoms with Gasteiger partial charge in [0.1, 0.15) is 6.61 Å². The van der Waals surface area contributed by atoms with Crippen molar-refractivity contribution in [1.82, 2.24) is 0 Å². The van der Waals surface area contributed by atoms with Crippen LogP contribution < -0.4 is 0 Å². The zero-order chi connectivity index (χ0) is 33.1. The van der Waals surface area contributed by atoms with E-state index >= 15 is 0 Å². The van der Waals surface area contributed by atoms with Gasteiger partial charge in [0, 0.05) is 12.8 Å². The van der Waals surface area contributed by atoms with Gasteiger partial charge < -0.3 is 28.8 Å². The second-order valence-corrected chi connectivity index (χ2v) is 13.3. The fraction of sp³-hybridized carbons (Fsp3) is 0.895. The lowest BCUT2D eigenvalue weighted by Gasteiger charge is -2.34. The Morgan fingerprint density at radius 3 is 1.57 bits per heavy atom. The van der Waals surface area contributed by atoms with Gasteiger partial charge in [0.25, 0.3) is 0 Å². The third-order valence-corrected chi connectivity index (χ3v) is 9.21. The monoisotopic (exact) mass is 652 g/mol. The van der Waals surface area contributed by atoms with Crippen LogP contribution in [0.3, 0.4) is 0 Å². The number of carbonyl (C=O) groups excluding carboxylic acids is 2. The van der Waals surface area contributed by atoms with Crippen LogP contribution in [-0.2, 0) is 33.3 Å². The summed E-state index contributed by atoms with van der Waals surface area (Å²) in [4.78, 5) is 25.6. The van der Waals surface area contributed by atoms with Crippen LogP contribution in [0.15, 0.2) is 12.2 Å². The molecule has 3 atom stereocenters. The molecule has 1 N–H and O–H groups in total. The van der Waals surface area contributed by atoms with Gasteiger partial charge in [-0.25, -0.2) is 0 Å². The number of esters is 2. The molecule has 0 unspecified atom stereocenters. The Labute approximate surface area is 280 Å². The molecule has 0 saturated carbocycles. The molecule has 0 bridgehead atoms. The van der Waals surface area contributed by atoms with Crippen molar-refractivity contribution in [1.29, 1.82) is 0 Å². The van der Waals surface area contributed by atoms with Crippen molar-refractivity contribution in [3.63, 3.8) is 0 Å². The Bertz CT molecular complexity index is 794. The van der Waals surface area contributed by atoms with Crippen molar-refractivity contribution in [2.45, 2.75) is 192 Å². The van der Waals surface area contributed by atoms with Gasteiger partial charge in [0.2, 0.25) is 5.79 Å². The summed E-state index contributed by atoms with van der Waals surface area (Å²) in [6.07, 6.45) is 28.7. The number of hydrogen-bond acceptors (Lipinski definition) is 8. The SMILES string of the molecule is CCCCCCCC/C=C\CCCCCCCC(=O)O[C@@H]1[C@@H](OC(=O)CCCCCCCCCCC)CO[C@@H]1C1(CO)OCCO1. The predicted molar refractivity (Wildman–Crippen MR) is 183 cm³/mol. The van der Waals surface area contributed by atoms with Gasteiger partial charge >= 0.3 is 11.9 Å². The zero-order valence-electron chi connectivity index (χ0n) is 29.5. The first-order chi connectivity index (χ1) is 22.6. The van der Waals surface area contributed by atoms with Crippen LogP contribution in [0.4, 0.5) is 0 Å². The molecule has 2 saturated heterocycles. The Hall–Kier alpha value is -1.48. The minimum Gasteiger partial charge on any atom is -0.456 e. The molecular weight excluding hydrogens is 584 g/mol. The Balaban J connectivity index is 1.66. The summed E-state index contributed by atoms with van der Waals surface area (Å²) in [5.74, 6) is -2.10. The van der Waals surface area contributed by atoms with E-state index in [0.29, 0.717) is 19.6 Å². The maximum atomic E-state index is 12.9. The van der Waals surface area contributed by atoms with Crippen LogP contribution in [0.25, 0.3) is 0 Å². The smallest absolute Gasteiger partial charge is 0.306 e. The molecular formula is C38H68O8. The van der Waals surface area contributed by atoms with Crippen LogP contribution in [0.1, 0.15) is 168 Å². The molecule has 0 aliphatic carbocycles. The second-order valence-electron chi connectivity index (χ2n) is 13.3. The quantitative estimate of drug-likeness (QED) is 0.0486. The average molecular weight is 653 g/mol. The normalized spacial score (nSPS) is 20.9. The predicted octanol–water partition coefficient (Wildman–Crippen LogP) is 8.90. The van der Waals surface area contributed by atoms with Crippen LogP contribution in [-0.4, -0.2) is 67.6 Å². The summed E-state index contributed by atoms with van der Waals surface area (Å²) in [6, 6.07) is 0.